The fraction of sp³-hybridized carbons (Fsp3) is 0.462. The van der Waals surface area contributed by atoms with Crippen molar-refractivity contribution in [3.8, 4) is 0 Å². The molecule has 0 aliphatic carbocycles. The van der Waals surface area contributed by atoms with Gasteiger partial charge in [0.15, 0.2) is 0 Å². The summed E-state index contributed by atoms with van der Waals surface area (Å²) in [6.07, 6.45) is 2.57. The summed E-state index contributed by atoms with van der Waals surface area (Å²) in [7, 11) is 3.97. The van der Waals surface area contributed by atoms with Crippen LogP contribution in [0.25, 0.3) is 0 Å². The Morgan fingerprint density at radius 2 is 1.68 bits per heavy atom. The van der Waals surface area contributed by atoms with Crippen molar-refractivity contribution in [2.45, 2.75) is 10.2 Å². The average molecular weight is 371 g/mol. The van der Waals surface area contributed by atoms with Crippen molar-refractivity contribution in [1.82, 2.24) is 4.90 Å². The number of alkyl halides is 3. The minimum absolute atomic E-state index is 0.0100. The second-order valence-electron chi connectivity index (χ2n) is 4.49. The van der Waals surface area contributed by atoms with Crippen LogP contribution in [0, 0.1) is 5.92 Å². The Morgan fingerprint density at radius 1 is 1.14 bits per heavy atom. The highest BCUT2D eigenvalue weighted by Crippen LogP contribution is 2.38. The summed E-state index contributed by atoms with van der Waals surface area (Å²) >= 11 is 16.9. The van der Waals surface area contributed by atoms with Crippen molar-refractivity contribution in [3.63, 3.8) is 0 Å². The van der Waals surface area contributed by atoms with Gasteiger partial charge < -0.3 is 14.4 Å². The number of nitrogens with zero attached hydrogens (tertiary/aromatic N) is 1. The van der Waals surface area contributed by atoms with Crippen LogP contribution in [0.2, 0.25) is 0 Å². The van der Waals surface area contributed by atoms with Gasteiger partial charge in [0.25, 0.3) is 3.79 Å². The maximum atomic E-state index is 12.3. The fourth-order valence-corrected chi connectivity index (χ4v) is 2.31. The molecule has 1 rings (SSSR count). The number of hydrogen-bond acceptors (Lipinski definition) is 6. The number of ketones is 1. The van der Waals surface area contributed by atoms with E-state index >= 15 is 0 Å². The molecule has 0 fully saturated rings. The van der Waals surface area contributed by atoms with Crippen molar-refractivity contribution in [2.24, 2.45) is 5.92 Å². The van der Waals surface area contributed by atoms with Crippen LogP contribution < -0.4 is 0 Å². The number of methoxy groups -OCH3 is 2. The predicted octanol–water partition coefficient (Wildman–Crippen LogP) is 1.99. The molecule has 1 heterocycles. The fourth-order valence-electron chi connectivity index (χ4n) is 1.99. The van der Waals surface area contributed by atoms with Gasteiger partial charge in [0.2, 0.25) is 5.78 Å². The van der Waals surface area contributed by atoms with Gasteiger partial charge in [-0.25, -0.2) is 4.79 Å². The Bertz CT molecular complexity index is 550. The monoisotopic (exact) mass is 369 g/mol. The van der Waals surface area contributed by atoms with E-state index in [1.54, 1.807) is 7.05 Å². The lowest BCUT2D eigenvalue weighted by Crippen LogP contribution is -2.34. The van der Waals surface area contributed by atoms with E-state index in [9.17, 15) is 14.4 Å². The quantitative estimate of drug-likeness (QED) is 0.557. The zero-order chi connectivity index (χ0) is 17.1. The number of hydrogen-bond donors (Lipinski definition) is 0. The largest absolute Gasteiger partial charge is 0.469 e. The topological polar surface area (TPSA) is 72.9 Å². The molecule has 0 aromatic carbocycles. The first-order valence-corrected chi connectivity index (χ1v) is 7.17. The SMILES string of the molecule is COC(=O)CC1C(C(=O)OC)=CN(C)C=C1C(=O)C(Cl)(Cl)Cl. The molecular weight excluding hydrogens is 357 g/mol. The summed E-state index contributed by atoms with van der Waals surface area (Å²) in [5.74, 6) is -3.05. The lowest BCUT2D eigenvalue weighted by Gasteiger charge is -2.29. The number of ether oxygens (including phenoxy) is 2. The number of rotatable bonds is 4. The van der Waals surface area contributed by atoms with E-state index in [0.717, 1.165) is 0 Å². The van der Waals surface area contributed by atoms with E-state index in [1.165, 1.54) is 31.5 Å². The van der Waals surface area contributed by atoms with Crippen molar-refractivity contribution in [2.75, 3.05) is 21.3 Å². The van der Waals surface area contributed by atoms with Gasteiger partial charge in [0, 0.05) is 30.9 Å². The maximum absolute atomic E-state index is 12.3. The molecule has 0 bridgehead atoms. The number of halogens is 3. The normalized spacial score (nSPS) is 18.3. The number of esters is 2. The Balaban J connectivity index is 3.29. The Labute approximate surface area is 142 Å². The molecule has 0 saturated heterocycles. The Morgan fingerprint density at radius 3 is 2.14 bits per heavy atom. The minimum atomic E-state index is -2.21. The summed E-state index contributed by atoms with van der Waals surface area (Å²) in [6.45, 7) is 0. The van der Waals surface area contributed by atoms with Crippen LogP contribution in [0.1, 0.15) is 6.42 Å². The third-order valence-electron chi connectivity index (χ3n) is 2.98. The zero-order valence-corrected chi connectivity index (χ0v) is 14.3. The molecule has 0 spiro atoms. The van der Waals surface area contributed by atoms with Gasteiger partial charge in [0.1, 0.15) is 0 Å². The molecule has 0 saturated carbocycles. The second-order valence-corrected chi connectivity index (χ2v) is 6.77. The first-order valence-electron chi connectivity index (χ1n) is 6.03. The number of carbonyl (C=O) groups excluding carboxylic acids is 3. The molecule has 0 aromatic rings. The molecule has 6 nitrogen and oxygen atoms in total. The van der Waals surface area contributed by atoms with Crippen molar-refractivity contribution < 1.29 is 23.9 Å². The minimum Gasteiger partial charge on any atom is -0.469 e. The summed E-state index contributed by atoms with van der Waals surface area (Å²) in [4.78, 5) is 37.2. The van der Waals surface area contributed by atoms with E-state index in [2.05, 4.69) is 9.47 Å². The standard InChI is InChI=1S/C13H14Cl3NO5/c1-17-5-8(11(19)13(14,15)16)7(4-10(18)21-2)9(6-17)12(20)22-3/h5-7H,4H2,1-3H3. The van der Waals surface area contributed by atoms with Crippen molar-refractivity contribution in [3.05, 3.63) is 23.5 Å². The van der Waals surface area contributed by atoms with Crippen molar-refractivity contribution >= 4 is 52.5 Å². The molecule has 122 valence electrons. The van der Waals surface area contributed by atoms with Gasteiger partial charge in [0.05, 0.1) is 26.2 Å². The lowest BCUT2D eigenvalue weighted by molar-refractivity contribution is -0.141. The molecule has 0 amide bonds. The summed E-state index contributed by atoms with van der Waals surface area (Å²) in [5, 5.41) is 0. The molecule has 0 N–H and O–H groups in total. The van der Waals surface area contributed by atoms with Crippen LogP contribution in [-0.4, -0.2) is 47.7 Å². The number of allylic oxidation sites excluding steroid dienone is 1. The lowest BCUT2D eigenvalue weighted by atomic mass is 9.85. The van der Waals surface area contributed by atoms with Gasteiger partial charge in [-0.3, -0.25) is 9.59 Å². The molecule has 1 unspecified atom stereocenters. The number of carbonyl (C=O) groups is 3. The van der Waals surface area contributed by atoms with E-state index in [4.69, 9.17) is 34.8 Å². The second kappa shape index (κ2) is 7.35. The van der Waals surface area contributed by atoms with Crippen LogP contribution in [-0.2, 0) is 23.9 Å². The van der Waals surface area contributed by atoms with Crippen LogP contribution in [0.5, 0.6) is 0 Å². The van der Waals surface area contributed by atoms with Crippen molar-refractivity contribution in [1.29, 1.82) is 0 Å². The third-order valence-corrected chi connectivity index (χ3v) is 3.49. The average Bonchev–Trinajstić information content (AvgIpc) is 2.45. The molecule has 1 aliphatic heterocycles. The van der Waals surface area contributed by atoms with Crippen LogP contribution in [0.15, 0.2) is 23.5 Å². The maximum Gasteiger partial charge on any atom is 0.335 e. The highest BCUT2D eigenvalue weighted by atomic mass is 35.6. The summed E-state index contributed by atoms with van der Waals surface area (Å²) < 4.78 is 7.05. The summed E-state index contributed by atoms with van der Waals surface area (Å²) in [5.41, 5.74) is 0.103. The number of Topliss-reactive ketones (excluding diaryl/α,β-unsaturated/α-hetero) is 1. The van der Waals surface area contributed by atoms with E-state index in [-0.39, 0.29) is 17.6 Å². The molecular formula is C13H14Cl3NO5. The zero-order valence-electron chi connectivity index (χ0n) is 12.1. The first-order chi connectivity index (χ1) is 10.1. The Kier molecular flexibility index (Phi) is 6.28. The molecule has 1 atom stereocenters. The molecule has 22 heavy (non-hydrogen) atoms. The van der Waals surface area contributed by atoms with E-state index in [1.807, 2.05) is 0 Å². The van der Waals surface area contributed by atoms with E-state index in [0.29, 0.717) is 0 Å². The third kappa shape index (κ3) is 4.38. The predicted molar refractivity (Wildman–Crippen MR) is 81.4 cm³/mol. The van der Waals surface area contributed by atoms with Gasteiger partial charge in [-0.1, -0.05) is 34.8 Å². The molecule has 1 aliphatic rings. The van der Waals surface area contributed by atoms with Gasteiger partial charge in [-0.05, 0) is 0 Å². The van der Waals surface area contributed by atoms with Crippen LogP contribution >= 0.6 is 34.8 Å². The molecule has 0 radical (unpaired) electrons. The first kappa shape index (κ1) is 18.8. The van der Waals surface area contributed by atoms with Crippen LogP contribution in [0.4, 0.5) is 0 Å². The smallest absolute Gasteiger partial charge is 0.335 e. The van der Waals surface area contributed by atoms with Gasteiger partial charge in [-0.2, -0.15) is 0 Å². The molecule has 9 heteroatoms. The Hall–Kier alpha value is -1.24. The van der Waals surface area contributed by atoms with Crippen LogP contribution in [0.3, 0.4) is 0 Å². The molecule has 0 aromatic heterocycles. The van der Waals surface area contributed by atoms with Gasteiger partial charge in [-0.15, -0.1) is 0 Å². The highest BCUT2D eigenvalue weighted by molar-refractivity contribution is 6.77. The van der Waals surface area contributed by atoms with Gasteiger partial charge >= 0.3 is 11.9 Å². The van der Waals surface area contributed by atoms with E-state index < -0.39 is 27.4 Å². The summed E-state index contributed by atoms with van der Waals surface area (Å²) in [6, 6.07) is 0. The highest BCUT2D eigenvalue weighted by Gasteiger charge is 2.41.